The molecule has 1 aromatic carbocycles. The second-order valence-electron chi connectivity index (χ2n) is 6.00. The molecule has 0 bridgehead atoms. The molecular formula is C15H21N3O3S. The Balaban J connectivity index is 1.62. The highest BCUT2D eigenvalue weighted by Gasteiger charge is 2.29. The second-order valence-corrected chi connectivity index (χ2v) is 8.01. The molecule has 1 aliphatic heterocycles. The van der Waals surface area contributed by atoms with Gasteiger partial charge in [-0.25, -0.2) is 8.42 Å². The summed E-state index contributed by atoms with van der Waals surface area (Å²) in [5.41, 5.74) is 7.09. The molecule has 1 heterocycles. The molecule has 6 nitrogen and oxygen atoms in total. The van der Waals surface area contributed by atoms with Crippen LogP contribution in [-0.4, -0.2) is 39.2 Å². The summed E-state index contributed by atoms with van der Waals surface area (Å²) in [5, 5.41) is 2.83. The third-order valence-electron chi connectivity index (χ3n) is 4.24. The molecule has 0 radical (unpaired) electrons. The molecule has 7 heteroatoms. The van der Waals surface area contributed by atoms with Crippen molar-refractivity contribution < 1.29 is 13.2 Å². The molecule has 2 aliphatic rings. The lowest BCUT2D eigenvalue weighted by Crippen LogP contribution is -2.38. The van der Waals surface area contributed by atoms with E-state index in [1.165, 1.54) is 4.31 Å². The number of sulfonamides is 1. The van der Waals surface area contributed by atoms with E-state index in [-0.39, 0.29) is 17.7 Å². The van der Waals surface area contributed by atoms with E-state index in [0.29, 0.717) is 36.7 Å². The van der Waals surface area contributed by atoms with Crippen LogP contribution in [0.2, 0.25) is 0 Å². The van der Waals surface area contributed by atoms with Crippen LogP contribution in [0.25, 0.3) is 0 Å². The number of benzene rings is 1. The van der Waals surface area contributed by atoms with Crippen LogP contribution in [-0.2, 0) is 10.0 Å². The van der Waals surface area contributed by atoms with Gasteiger partial charge in [-0.15, -0.1) is 0 Å². The predicted molar refractivity (Wildman–Crippen MR) is 85.2 cm³/mol. The topological polar surface area (TPSA) is 92.5 Å². The van der Waals surface area contributed by atoms with Gasteiger partial charge in [0.15, 0.2) is 0 Å². The number of carbonyl (C=O) groups excluding carboxylic acids is 1. The van der Waals surface area contributed by atoms with E-state index in [2.05, 4.69) is 5.32 Å². The highest BCUT2D eigenvalue weighted by Crippen LogP contribution is 2.31. The van der Waals surface area contributed by atoms with Crippen LogP contribution in [0.1, 0.15) is 29.6 Å². The fourth-order valence-electron chi connectivity index (χ4n) is 2.71. The maximum absolute atomic E-state index is 12.1. The van der Waals surface area contributed by atoms with Gasteiger partial charge in [-0.2, -0.15) is 0 Å². The number of anilines is 1. The number of hydrogen-bond donors (Lipinski definition) is 2. The zero-order valence-corrected chi connectivity index (χ0v) is 13.2. The van der Waals surface area contributed by atoms with Crippen LogP contribution in [0.4, 0.5) is 5.69 Å². The van der Waals surface area contributed by atoms with Crippen molar-refractivity contribution in [2.75, 3.05) is 23.1 Å². The Hall–Kier alpha value is -1.60. The van der Waals surface area contributed by atoms with Gasteiger partial charge in [0, 0.05) is 24.7 Å². The Bertz CT molecular complexity index is 653. The minimum Gasteiger partial charge on any atom is -0.350 e. The summed E-state index contributed by atoms with van der Waals surface area (Å²) < 4.78 is 25.1. The number of amides is 1. The lowest BCUT2D eigenvalue weighted by Gasteiger charge is -2.17. The van der Waals surface area contributed by atoms with Gasteiger partial charge in [-0.1, -0.05) is 0 Å². The fraction of sp³-hybridized carbons (Fsp3) is 0.533. The second kappa shape index (κ2) is 5.89. The molecule has 1 unspecified atom stereocenters. The van der Waals surface area contributed by atoms with Gasteiger partial charge >= 0.3 is 0 Å². The molecule has 22 heavy (non-hydrogen) atoms. The standard InChI is InChI=1S/C15H21N3O3S/c16-14(11-2-3-11)10-17-15(19)12-4-6-13(7-5-12)18-8-1-9-22(18,20)21/h4-7,11,14H,1-3,8-10,16H2,(H,17,19). The van der Waals surface area contributed by atoms with E-state index in [0.717, 1.165) is 12.8 Å². The quantitative estimate of drug-likeness (QED) is 0.834. The molecule has 1 saturated carbocycles. The molecule has 1 saturated heterocycles. The van der Waals surface area contributed by atoms with Crippen LogP contribution in [0.15, 0.2) is 24.3 Å². The molecule has 3 N–H and O–H groups in total. The van der Waals surface area contributed by atoms with Crippen molar-refractivity contribution in [2.24, 2.45) is 11.7 Å². The molecule has 120 valence electrons. The molecule has 3 rings (SSSR count). The summed E-state index contributed by atoms with van der Waals surface area (Å²) in [6.45, 7) is 0.982. The van der Waals surface area contributed by atoms with E-state index in [1.807, 2.05) is 0 Å². The van der Waals surface area contributed by atoms with E-state index >= 15 is 0 Å². The number of nitrogens with zero attached hydrogens (tertiary/aromatic N) is 1. The van der Waals surface area contributed by atoms with E-state index in [1.54, 1.807) is 24.3 Å². The zero-order valence-electron chi connectivity index (χ0n) is 12.4. The lowest BCUT2D eigenvalue weighted by atomic mass is 10.1. The first-order chi connectivity index (χ1) is 10.5. The highest BCUT2D eigenvalue weighted by atomic mass is 32.2. The molecule has 1 aliphatic carbocycles. The minimum atomic E-state index is -3.18. The highest BCUT2D eigenvalue weighted by molar-refractivity contribution is 7.93. The first kappa shape index (κ1) is 15.3. The molecule has 1 atom stereocenters. The van der Waals surface area contributed by atoms with Crippen LogP contribution < -0.4 is 15.4 Å². The van der Waals surface area contributed by atoms with Gasteiger partial charge in [-0.05, 0) is 49.4 Å². The van der Waals surface area contributed by atoms with Crippen LogP contribution in [0.5, 0.6) is 0 Å². The molecule has 2 fully saturated rings. The molecule has 0 aromatic heterocycles. The Morgan fingerprint density at radius 2 is 2.00 bits per heavy atom. The Kier molecular flexibility index (Phi) is 4.10. The minimum absolute atomic E-state index is 0.0259. The third-order valence-corrected chi connectivity index (χ3v) is 6.11. The van der Waals surface area contributed by atoms with E-state index < -0.39 is 10.0 Å². The molecule has 0 spiro atoms. The Morgan fingerprint density at radius 1 is 1.32 bits per heavy atom. The monoisotopic (exact) mass is 323 g/mol. The van der Waals surface area contributed by atoms with Gasteiger partial charge in [0.1, 0.15) is 0 Å². The predicted octanol–water partition coefficient (Wildman–Crippen LogP) is 0.694. The van der Waals surface area contributed by atoms with Crippen LogP contribution >= 0.6 is 0 Å². The van der Waals surface area contributed by atoms with Crippen LogP contribution in [0.3, 0.4) is 0 Å². The summed E-state index contributed by atoms with van der Waals surface area (Å²) in [4.78, 5) is 12.1. The average molecular weight is 323 g/mol. The first-order valence-corrected chi connectivity index (χ1v) is 9.22. The lowest BCUT2D eigenvalue weighted by molar-refractivity contribution is 0.0950. The molecule has 1 amide bonds. The van der Waals surface area contributed by atoms with Crippen LogP contribution in [0, 0.1) is 5.92 Å². The van der Waals surface area contributed by atoms with Gasteiger partial charge < -0.3 is 11.1 Å². The smallest absolute Gasteiger partial charge is 0.251 e. The summed E-state index contributed by atoms with van der Waals surface area (Å²) in [6, 6.07) is 6.69. The van der Waals surface area contributed by atoms with Crippen molar-refractivity contribution in [3.05, 3.63) is 29.8 Å². The maximum atomic E-state index is 12.1. The average Bonchev–Trinajstić information content (AvgIpc) is 3.28. The number of hydrogen-bond acceptors (Lipinski definition) is 4. The van der Waals surface area contributed by atoms with Crippen molar-refractivity contribution in [3.63, 3.8) is 0 Å². The molecule has 1 aromatic rings. The van der Waals surface area contributed by atoms with Gasteiger partial charge in [-0.3, -0.25) is 9.10 Å². The number of carbonyl (C=O) groups is 1. The van der Waals surface area contributed by atoms with Crippen molar-refractivity contribution >= 4 is 21.6 Å². The van der Waals surface area contributed by atoms with Gasteiger partial charge in [0.25, 0.3) is 5.91 Å². The van der Waals surface area contributed by atoms with E-state index in [4.69, 9.17) is 5.73 Å². The largest absolute Gasteiger partial charge is 0.350 e. The Labute approximate surface area is 130 Å². The van der Waals surface area contributed by atoms with Gasteiger partial charge in [0.05, 0.1) is 11.4 Å². The van der Waals surface area contributed by atoms with Crippen molar-refractivity contribution in [2.45, 2.75) is 25.3 Å². The fourth-order valence-corrected chi connectivity index (χ4v) is 4.28. The Morgan fingerprint density at radius 3 is 2.55 bits per heavy atom. The molecular weight excluding hydrogens is 302 g/mol. The summed E-state index contributed by atoms with van der Waals surface area (Å²) in [6.07, 6.45) is 2.94. The normalized spacial score (nSPS) is 21.6. The van der Waals surface area contributed by atoms with Crippen molar-refractivity contribution in [3.8, 4) is 0 Å². The van der Waals surface area contributed by atoms with Crippen molar-refractivity contribution in [1.29, 1.82) is 0 Å². The first-order valence-electron chi connectivity index (χ1n) is 7.61. The SMILES string of the molecule is NC(CNC(=O)c1ccc(N2CCCS2(=O)=O)cc1)C1CC1. The summed E-state index contributed by atoms with van der Waals surface area (Å²) in [5.74, 6) is 0.559. The number of nitrogens with one attached hydrogen (secondary N) is 1. The number of rotatable bonds is 5. The summed E-state index contributed by atoms with van der Waals surface area (Å²) >= 11 is 0. The maximum Gasteiger partial charge on any atom is 0.251 e. The van der Waals surface area contributed by atoms with E-state index in [9.17, 15) is 13.2 Å². The van der Waals surface area contributed by atoms with Gasteiger partial charge in [0.2, 0.25) is 10.0 Å². The van der Waals surface area contributed by atoms with Crippen molar-refractivity contribution in [1.82, 2.24) is 5.32 Å². The summed E-state index contributed by atoms with van der Waals surface area (Å²) in [7, 11) is -3.18. The number of nitrogens with two attached hydrogens (primary N) is 1. The third kappa shape index (κ3) is 3.25. The zero-order chi connectivity index (χ0) is 15.7.